The normalized spacial score (nSPS) is 36.2. The fraction of sp³-hybridized carbons (Fsp3) is 0.680. The van der Waals surface area contributed by atoms with Crippen LogP contribution in [0.2, 0.25) is 18.1 Å². The smallest absolute Gasteiger partial charge is 0.410 e. The number of alkyl halides is 3. The van der Waals surface area contributed by atoms with E-state index in [1.807, 2.05) is 0 Å². The van der Waals surface area contributed by atoms with E-state index >= 15 is 0 Å². The number of amides is 1. The maximum atomic E-state index is 14.1. The largest absolute Gasteiger partial charge is 0.417 e. The molecular formula is C25H30F3N5O4Si. The Kier molecular flexibility index (Phi) is 5.81. The topological polar surface area (TPSA) is 121 Å². The number of nitrogens with zero attached hydrogens (tertiary/aromatic N) is 5. The van der Waals surface area contributed by atoms with Gasteiger partial charge in [0.15, 0.2) is 8.32 Å². The Morgan fingerprint density at radius 1 is 1.32 bits per heavy atom. The number of benzene rings is 1. The molecule has 0 aliphatic carbocycles. The molecule has 0 N–H and O–H groups in total. The second-order valence-corrected chi connectivity index (χ2v) is 17.0. The molecule has 1 unspecified atom stereocenters. The number of carbonyl (C=O) groups excluding carboxylic acids is 1. The second kappa shape index (κ2) is 8.19. The van der Waals surface area contributed by atoms with Gasteiger partial charge in [-0.25, -0.2) is 0 Å². The number of ether oxygens (including phenoxy) is 2. The van der Waals surface area contributed by atoms with Gasteiger partial charge < -0.3 is 13.9 Å². The molecule has 13 heteroatoms. The van der Waals surface area contributed by atoms with Crippen molar-refractivity contribution >= 4 is 19.9 Å². The molecule has 4 fully saturated rings. The van der Waals surface area contributed by atoms with Gasteiger partial charge in [0, 0.05) is 22.9 Å². The van der Waals surface area contributed by atoms with Gasteiger partial charge in [-0.05, 0) is 48.8 Å². The maximum Gasteiger partial charge on any atom is 0.417 e. The Balaban J connectivity index is 1.63. The van der Waals surface area contributed by atoms with Gasteiger partial charge in [0.25, 0.3) is 0 Å². The van der Waals surface area contributed by atoms with E-state index in [1.54, 1.807) is 13.0 Å². The van der Waals surface area contributed by atoms with Gasteiger partial charge >= 0.3 is 6.18 Å². The third kappa shape index (κ3) is 3.47. The van der Waals surface area contributed by atoms with E-state index in [1.165, 1.54) is 11.0 Å². The zero-order valence-electron chi connectivity index (χ0n) is 22.0. The highest BCUT2D eigenvalue weighted by molar-refractivity contribution is 6.74. The van der Waals surface area contributed by atoms with Crippen LogP contribution in [-0.2, 0) is 24.9 Å². The molecule has 4 heterocycles. The lowest BCUT2D eigenvalue weighted by Crippen LogP contribution is -2.63. The lowest BCUT2D eigenvalue weighted by molar-refractivity contribution is -0.144. The predicted octanol–water partition coefficient (Wildman–Crippen LogP) is 5.51. The van der Waals surface area contributed by atoms with Gasteiger partial charge in [0.2, 0.25) is 5.91 Å². The fourth-order valence-electron chi connectivity index (χ4n) is 6.54. The van der Waals surface area contributed by atoms with E-state index < -0.39 is 72.9 Å². The van der Waals surface area contributed by atoms with Gasteiger partial charge in [-0.15, -0.1) is 0 Å². The Morgan fingerprint density at radius 2 is 2.00 bits per heavy atom. The van der Waals surface area contributed by atoms with Crippen LogP contribution in [0.1, 0.15) is 45.2 Å². The first-order valence-electron chi connectivity index (χ1n) is 12.5. The molecule has 1 aromatic carbocycles. The highest BCUT2D eigenvalue weighted by Gasteiger charge is 2.82. The molecule has 204 valence electrons. The van der Waals surface area contributed by atoms with Crippen LogP contribution in [0.4, 0.5) is 18.9 Å². The van der Waals surface area contributed by atoms with Crippen molar-refractivity contribution in [3.63, 3.8) is 0 Å². The third-order valence-corrected chi connectivity index (χ3v) is 13.7. The lowest BCUT2D eigenvalue weighted by Gasteiger charge is -2.48. The summed E-state index contributed by atoms with van der Waals surface area (Å²) in [6.45, 7) is 12.3. The van der Waals surface area contributed by atoms with E-state index in [-0.39, 0.29) is 17.3 Å². The minimum absolute atomic E-state index is 0.0111. The Bertz CT molecular complexity index is 1290. The van der Waals surface area contributed by atoms with Crippen LogP contribution in [0.5, 0.6) is 0 Å². The van der Waals surface area contributed by atoms with Crippen molar-refractivity contribution < 1.29 is 31.9 Å². The number of fused-ring (bicyclic) bond motifs is 2. The summed E-state index contributed by atoms with van der Waals surface area (Å²) in [6, 6.07) is 4.05. The molecule has 2 bridgehead atoms. The monoisotopic (exact) mass is 549 g/mol. The summed E-state index contributed by atoms with van der Waals surface area (Å²) in [5.74, 6) is -1.79. The number of nitriles is 1. The highest BCUT2D eigenvalue weighted by atomic mass is 28.4. The Labute approximate surface area is 219 Å². The highest BCUT2D eigenvalue weighted by Crippen LogP contribution is 2.67. The number of halogens is 3. The van der Waals surface area contributed by atoms with Crippen molar-refractivity contribution in [1.29, 1.82) is 5.26 Å². The van der Waals surface area contributed by atoms with Crippen LogP contribution in [0.25, 0.3) is 10.4 Å². The van der Waals surface area contributed by atoms with Gasteiger partial charge in [0.1, 0.15) is 11.8 Å². The molecule has 1 spiro atoms. The first kappa shape index (κ1) is 27.0. The predicted molar refractivity (Wildman–Crippen MR) is 132 cm³/mol. The van der Waals surface area contributed by atoms with Crippen molar-refractivity contribution in [2.24, 2.45) is 17.0 Å². The molecule has 38 heavy (non-hydrogen) atoms. The molecule has 9 nitrogen and oxygen atoms in total. The zero-order valence-corrected chi connectivity index (χ0v) is 23.0. The number of carbonyl (C=O) groups is 1. The van der Waals surface area contributed by atoms with Crippen LogP contribution in [0.3, 0.4) is 0 Å². The van der Waals surface area contributed by atoms with Gasteiger partial charge in [-0.1, -0.05) is 25.9 Å². The van der Waals surface area contributed by atoms with E-state index in [4.69, 9.17) is 13.9 Å². The Hall–Kier alpha value is -2.62. The van der Waals surface area contributed by atoms with Crippen molar-refractivity contribution in [3.8, 4) is 6.07 Å². The lowest BCUT2D eigenvalue weighted by atomic mass is 9.62. The molecule has 0 saturated carbocycles. The molecule has 1 aromatic rings. The molecule has 5 rings (SSSR count). The molecule has 4 saturated heterocycles. The number of rotatable bonds is 4. The zero-order chi connectivity index (χ0) is 28.1. The van der Waals surface area contributed by atoms with E-state index in [0.717, 1.165) is 12.1 Å². The molecule has 0 radical (unpaired) electrons. The summed E-state index contributed by atoms with van der Waals surface area (Å²) in [5, 5.41) is 13.2. The summed E-state index contributed by atoms with van der Waals surface area (Å²) < 4.78 is 60.7. The summed E-state index contributed by atoms with van der Waals surface area (Å²) in [4.78, 5) is 18.4. The van der Waals surface area contributed by atoms with E-state index in [9.17, 15) is 28.8 Å². The Morgan fingerprint density at radius 3 is 2.58 bits per heavy atom. The third-order valence-electron chi connectivity index (χ3n) is 9.26. The number of hydrogen-bond donors (Lipinski definition) is 0. The quantitative estimate of drug-likeness (QED) is 0.212. The summed E-state index contributed by atoms with van der Waals surface area (Å²) in [5.41, 5.74) is 5.59. The fourth-order valence-corrected chi connectivity index (χ4v) is 7.89. The van der Waals surface area contributed by atoms with Crippen molar-refractivity contribution in [2.45, 2.75) is 88.0 Å². The van der Waals surface area contributed by atoms with Crippen LogP contribution in [0.15, 0.2) is 23.3 Å². The summed E-state index contributed by atoms with van der Waals surface area (Å²) in [7, 11) is -2.43. The van der Waals surface area contributed by atoms with Crippen LogP contribution in [0, 0.1) is 23.2 Å². The van der Waals surface area contributed by atoms with Crippen LogP contribution in [-0.4, -0.2) is 50.4 Å². The van der Waals surface area contributed by atoms with Gasteiger partial charge in [0.05, 0.1) is 47.5 Å². The number of hydrogen-bond acceptors (Lipinski definition) is 6. The van der Waals surface area contributed by atoms with Crippen LogP contribution < -0.4 is 4.90 Å². The minimum atomic E-state index is -4.78. The van der Waals surface area contributed by atoms with Crippen molar-refractivity contribution in [2.75, 3.05) is 11.5 Å². The molecule has 7 atom stereocenters. The van der Waals surface area contributed by atoms with Crippen molar-refractivity contribution in [1.82, 2.24) is 0 Å². The number of anilines is 1. The van der Waals surface area contributed by atoms with Gasteiger partial charge in [-0.2, -0.15) is 18.4 Å². The SMILES string of the molecule is CC(C)(C)[Si](C)(C)O[C@@H]1C(N=[N+]=[N-])[C@@]23CCO[C@H]4[C@@H]2[C@H](C(=O)N4c2ccc(C#N)c(C(F)(F)F)c2)[C@]1(C)O3. The molecule has 4 aliphatic rings. The first-order chi connectivity index (χ1) is 17.5. The molecular weight excluding hydrogens is 519 g/mol. The average Bonchev–Trinajstić information content (AvgIpc) is 3.35. The number of azide groups is 1. The summed E-state index contributed by atoms with van der Waals surface area (Å²) >= 11 is 0. The van der Waals surface area contributed by atoms with E-state index in [2.05, 4.69) is 43.9 Å². The minimum Gasteiger partial charge on any atom is -0.410 e. The van der Waals surface area contributed by atoms with Gasteiger partial charge in [-0.3, -0.25) is 9.69 Å². The maximum absolute atomic E-state index is 14.1. The second-order valence-electron chi connectivity index (χ2n) is 12.3. The van der Waals surface area contributed by atoms with E-state index in [0.29, 0.717) is 6.42 Å². The van der Waals surface area contributed by atoms with Crippen molar-refractivity contribution in [3.05, 3.63) is 39.8 Å². The molecule has 0 aromatic heterocycles. The molecule has 4 aliphatic heterocycles. The first-order valence-corrected chi connectivity index (χ1v) is 15.4. The van der Waals surface area contributed by atoms with Crippen LogP contribution >= 0.6 is 0 Å². The average molecular weight is 550 g/mol. The standard InChI is InChI=1S/C25H30F3N5O4Si/c1-22(2,3)38(5,6)36-19-18(31-32-30)24-9-10-35-21-17(24)16(23(19,4)37-24)20(34)33(21)14-8-7-13(12-29)15(11-14)25(26,27)28/h7-8,11,16-19,21H,9-10H2,1-6H3/t16-,17+,18?,19-,21+,23+,24-/m1/s1. The summed E-state index contributed by atoms with van der Waals surface area (Å²) in [6.07, 6.45) is -6.06. The molecule has 1 amide bonds.